The molecule has 3 rings (SSSR count). The molecule has 3 heterocycles. The van der Waals surface area contributed by atoms with Crippen LogP contribution in [0, 0.1) is 0 Å². The number of hydrogen-bond donors (Lipinski definition) is 1. The molecule has 1 atom stereocenters. The first-order valence-corrected chi connectivity index (χ1v) is 6.93. The molecule has 19 heavy (non-hydrogen) atoms. The Morgan fingerprint density at radius 1 is 1.37 bits per heavy atom. The Balaban J connectivity index is 2.10. The van der Waals surface area contributed by atoms with Crippen molar-refractivity contribution in [3.05, 3.63) is 6.33 Å². The van der Waals surface area contributed by atoms with E-state index in [2.05, 4.69) is 38.9 Å². The zero-order valence-corrected chi connectivity index (χ0v) is 11.4. The Morgan fingerprint density at radius 2 is 2.26 bits per heavy atom. The number of rotatable bonds is 4. The van der Waals surface area contributed by atoms with Crippen molar-refractivity contribution in [1.82, 2.24) is 20.2 Å². The molecule has 2 aromatic rings. The van der Waals surface area contributed by atoms with Gasteiger partial charge in [-0.3, -0.25) is 5.10 Å². The zero-order valence-electron chi connectivity index (χ0n) is 11.4. The van der Waals surface area contributed by atoms with Gasteiger partial charge in [-0.15, -0.1) is 5.10 Å². The van der Waals surface area contributed by atoms with Crippen molar-refractivity contribution in [3.63, 3.8) is 0 Å². The minimum absolute atomic E-state index is 0.359. The third kappa shape index (κ3) is 2.01. The molecule has 1 unspecified atom stereocenters. The molecule has 6 nitrogen and oxygen atoms in total. The number of nitrogens with one attached hydrogen (secondary N) is 1. The van der Waals surface area contributed by atoms with Crippen molar-refractivity contribution in [2.45, 2.75) is 39.2 Å². The van der Waals surface area contributed by atoms with E-state index < -0.39 is 0 Å². The van der Waals surface area contributed by atoms with E-state index >= 15 is 0 Å². The average Bonchev–Trinajstić information content (AvgIpc) is 2.78. The summed E-state index contributed by atoms with van der Waals surface area (Å²) in [5.41, 5.74) is 0.748. The highest BCUT2D eigenvalue weighted by Crippen LogP contribution is 2.34. The standard InChI is InChI=1S/C13H19N5O/c1-3-5-9-7-19-13-10-11(16-17-13)14-8-15-12(10)18(9)6-4-2/h8-9H,3-7H2,1-2H3,(H,14,15,16,17). The van der Waals surface area contributed by atoms with E-state index in [4.69, 9.17) is 4.74 Å². The maximum atomic E-state index is 5.84. The summed E-state index contributed by atoms with van der Waals surface area (Å²) in [6, 6.07) is 0.359. The molecule has 0 saturated carbocycles. The molecule has 0 fully saturated rings. The third-order valence-corrected chi connectivity index (χ3v) is 3.52. The van der Waals surface area contributed by atoms with Gasteiger partial charge in [-0.25, -0.2) is 9.97 Å². The average molecular weight is 261 g/mol. The lowest BCUT2D eigenvalue weighted by atomic mass is 10.1. The van der Waals surface area contributed by atoms with Gasteiger partial charge in [0.2, 0.25) is 5.88 Å². The van der Waals surface area contributed by atoms with Gasteiger partial charge in [0.25, 0.3) is 0 Å². The molecule has 1 N–H and O–H groups in total. The van der Waals surface area contributed by atoms with Crippen LogP contribution in [0.25, 0.3) is 11.0 Å². The van der Waals surface area contributed by atoms with Gasteiger partial charge in [-0.1, -0.05) is 20.3 Å². The van der Waals surface area contributed by atoms with Crippen LogP contribution in [0.5, 0.6) is 5.88 Å². The summed E-state index contributed by atoms with van der Waals surface area (Å²) >= 11 is 0. The first-order valence-electron chi connectivity index (χ1n) is 6.93. The predicted molar refractivity (Wildman–Crippen MR) is 73.5 cm³/mol. The van der Waals surface area contributed by atoms with Crippen LogP contribution in [0.15, 0.2) is 6.33 Å². The molecule has 0 radical (unpaired) electrons. The molecule has 1 aliphatic heterocycles. The second-order valence-electron chi connectivity index (χ2n) is 4.90. The van der Waals surface area contributed by atoms with E-state index in [1.807, 2.05) is 0 Å². The molecule has 2 aromatic heterocycles. The molecule has 0 aliphatic carbocycles. The van der Waals surface area contributed by atoms with Crippen molar-refractivity contribution in [2.75, 3.05) is 18.1 Å². The van der Waals surface area contributed by atoms with E-state index in [1.54, 1.807) is 6.33 Å². The van der Waals surface area contributed by atoms with Gasteiger partial charge in [0, 0.05) is 6.54 Å². The highest BCUT2D eigenvalue weighted by molar-refractivity contribution is 5.92. The zero-order chi connectivity index (χ0) is 13.2. The summed E-state index contributed by atoms with van der Waals surface area (Å²) in [5.74, 6) is 1.58. The molecule has 6 heteroatoms. The minimum atomic E-state index is 0.359. The predicted octanol–water partition coefficient (Wildman–Crippen LogP) is 2.13. The molecule has 0 aromatic carbocycles. The first-order chi connectivity index (χ1) is 9.35. The minimum Gasteiger partial charge on any atom is -0.474 e. The van der Waals surface area contributed by atoms with Gasteiger partial charge in [-0.2, -0.15) is 0 Å². The fourth-order valence-corrected chi connectivity index (χ4v) is 2.68. The van der Waals surface area contributed by atoms with Gasteiger partial charge in [0.15, 0.2) is 5.65 Å². The van der Waals surface area contributed by atoms with Crippen LogP contribution in [0.3, 0.4) is 0 Å². The number of nitrogens with zero attached hydrogens (tertiary/aromatic N) is 4. The van der Waals surface area contributed by atoms with E-state index in [-0.39, 0.29) is 0 Å². The van der Waals surface area contributed by atoms with Crippen molar-refractivity contribution in [1.29, 1.82) is 0 Å². The highest BCUT2D eigenvalue weighted by atomic mass is 16.5. The lowest BCUT2D eigenvalue weighted by Gasteiger charge is -2.30. The molecular formula is C13H19N5O. The summed E-state index contributed by atoms with van der Waals surface area (Å²) in [5, 5.41) is 8.01. The largest absolute Gasteiger partial charge is 0.474 e. The Bertz CT molecular complexity index is 567. The summed E-state index contributed by atoms with van der Waals surface area (Å²) in [7, 11) is 0. The van der Waals surface area contributed by atoms with E-state index in [9.17, 15) is 0 Å². The summed E-state index contributed by atoms with van der Waals surface area (Å²) in [6.07, 6.45) is 4.90. The van der Waals surface area contributed by atoms with Gasteiger partial charge >= 0.3 is 0 Å². The summed E-state index contributed by atoms with van der Waals surface area (Å²) < 4.78 is 5.84. The summed E-state index contributed by atoms with van der Waals surface area (Å²) in [4.78, 5) is 11.0. The molecule has 102 valence electrons. The SMILES string of the molecule is CCCC1COc2n[nH]c3ncnc(c23)N1CCC. The molecule has 0 amide bonds. The lowest BCUT2D eigenvalue weighted by molar-refractivity contribution is 0.270. The van der Waals surface area contributed by atoms with Crippen molar-refractivity contribution < 1.29 is 4.74 Å². The van der Waals surface area contributed by atoms with Crippen LogP contribution in [0.4, 0.5) is 5.82 Å². The van der Waals surface area contributed by atoms with Crippen LogP contribution in [0.1, 0.15) is 33.1 Å². The second-order valence-corrected chi connectivity index (χ2v) is 4.90. The van der Waals surface area contributed by atoms with E-state index in [1.165, 1.54) is 0 Å². The number of aromatic amines is 1. The normalized spacial score (nSPS) is 18.4. The fourth-order valence-electron chi connectivity index (χ4n) is 2.68. The van der Waals surface area contributed by atoms with Crippen LogP contribution in [-0.2, 0) is 0 Å². The highest BCUT2D eigenvalue weighted by Gasteiger charge is 2.28. The molecule has 0 saturated heterocycles. The molecule has 1 aliphatic rings. The molecule has 0 spiro atoms. The second kappa shape index (κ2) is 5.03. The maximum absolute atomic E-state index is 5.84. The smallest absolute Gasteiger partial charge is 0.246 e. The van der Waals surface area contributed by atoms with Crippen LogP contribution in [-0.4, -0.2) is 39.4 Å². The molecule has 0 bridgehead atoms. The van der Waals surface area contributed by atoms with Crippen LogP contribution < -0.4 is 9.64 Å². The molecular weight excluding hydrogens is 242 g/mol. The Hall–Kier alpha value is -1.85. The first kappa shape index (κ1) is 12.2. The quantitative estimate of drug-likeness (QED) is 0.913. The van der Waals surface area contributed by atoms with E-state index in [0.29, 0.717) is 18.5 Å². The number of aromatic nitrogens is 4. The topological polar surface area (TPSA) is 66.9 Å². The van der Waals surface area contributed by atoms with Crippen molar-refractivity contribution in [3.8, 4) is 5.88 Å². The number of H-pyrrole nitrogens is 1. The third-order valence-electron chi connectivity index (χ3n) is 3.52. The van der Waals surface area contributed by atoms with Gasteiger partial charge < -0.3 is 9.64 Å². The van der Waals surface area contributed by atoms with Crippen molar-refractivity contribution >= 4 is 16.9 Å². The van der Waals surface area contributed by atoms with Gasteiger partial charge in [0.1, 0.15) is 24.1 Å². The van der Waals surface area contributed by atoms with Crippen LogP contribution in [0.2, 0.25) is 0 Å². The Morgan fingerprint density at radius 3 is 3.05 bits per heavy atom. The Labute approximate surface area is 112 Å². The summed E-state index contributed by atoms with van der Waals surface area (Å²) in [6.45, 7) is 6.02. The van der Waals surface area contributed by atoms with Crippen LogP contribution >= 0.6 is 0 Å². The number of anilines is 1. The van der Waals surface area contributed by atoms with Gasteiger partial charge in [0.05, 0.1) is 6.04 Å². The number of hydrogen-bond acceptors (Lipinski definition) is 5. The van der Waals surface area contributed by atoms with E-state index in [0.717, 1.165) is 42.7 Å². The van der Waals surface area contributed by atoms with Crippen molar-refractivity contribution in [2.24, 2.45) is 0 Å². The maximum Gasteiger partial charge on any atom is 0.246 e. The van der Waals surface area contributed by atoms with Gasteiger partial charge in [-0.05, 0) is 12.8 Å². The lowest BCUT2D eigenvalue weighted by Crippen LogP contribution is -2.39. The number of ether oxygens (including phenoxy) is 1. The Kier molecular flexibility index (Phi) is 3.23. The monoisotopic (exact) mass is 261 g/mol. The fraction of sp³-hybridized carbons (Fsp3) is 0.615.